The molecule has 0 saturated carbocycles. The van der Waals surface area contributed by atoms with Crippen LogP contribution in [0.2, 0.25) is 6.55 Å². The third-order valence-electron chi connectivity index (χ3n) is 4.37. The van der Waals surface area contributed by atoms with E-state index in [4.69, 9.17) is 0 Å². The molecule has 0 saturated heterocycles. The highest BCUT2D eigenvalue weighted by Gasteiger charge is 2.37. The third kappa shape index (κ3) is 3.08. The van der Waals surface area contributed by atoms with Gasteiger partial charge < -0.3 is 0 Å². The van der Waals surface area contributed by atoms with E-state index >= 15 is 4.39 Å². The monoisotopic (exact) mass is 336 g/mol. The molecule has 0 aromatic heterocycles. The Morgan fingerprint density at radius 3 is 1.71 bits per heavy atom. The quantitative estimate of drug-likeness (QED) is 0.612. The van der Waals surface area contributed by atoms with Crippen LogP contribution in [-0.4, -0.2) is 8.07 Å². The number of hydrogen-bond donors (Lipinski definition) is 0. The molecule has 0 atom stereocenters. The first-order valence-electron chi connectivity index (χ1n) is 7.85. The minimum atomic E-state index is -2.78. The van der Waals surface area contributed by atoms with Gasteiger partial charge in [-0.2, -0.15) is 0 Å². The zero-order valence-corrected chi connectivity index (χ0v) is 14.4. The maximum atomic E-state index is 15.4. The van der Waals surface area contributed by atoms with Gasteiger partial charge in [-0.1, -0.05) is 85.4 Å². The van der Waals surface area contributed by atoms with Gasteiger partial charge in [0.15, 0.2) is 8.07 Å². The number of benzene rings is 3. The van der Waals surface area contributed by atoms with Crippen LogP contribution < -0.4 is 10.4 Å². The molecule has 0 spiro atoms. The van der Waals surface area contributed by atoms with Crippen molar-refractivity contribution in [3.8, 4) is 0 Å². The van der Waals surface area contributed by atoms with Crippen molar-refractivity contribution in [2.24, 2.45) is 0 Å². The molecule has 0 heterocycles. The lowest BCUT2D eigenvalue weighted by Gasteiger charge is -2.27. The van der Waals surface area contributed by atoms with Gasteiger partial charge in [-0.3, -0.25) is 0 Å². The van der Waals surface area contributed by atoms with E-state index in [0.29, 0.717) is 0 Å². The summed E-state index contributed by atoms with van der Waals surface area (Å²) in [4.78, 5) is 0. The van der Waals surface area contributed by atoms with E-state index in [-0.39, 0.29) is 11.0 Å². The summed E-state index contributed by atoms with van der Waals surface area (Å²) >= 11 is 0. The van der Waals surface area contributed by atoms with Crippen LogP contribution in [0.4, 0.5) is 8.78 Å². The van der Waals surface area contributed by atoms with Crippen LogP contribution in [0.1, 0.15) is 5.56 Å². The van der Waals surface area contributed by atoms with E-state index in [1.54, 1.807) is 18.2 Å². The van der Waals surface area contributed by atoms with Crippen LogP contribution >= 0.6 is 0 Å². The Bertz CT molecular complexity index is 802. The molecule has 0 N–H and O–H groups in total. The highest BCUT2D eigenvalue weighted by Crippen LogP contribution is 2.21. The molecule has 0 fully saturated rings. The van der Waals surface area contributed by atoms with Crippen LogP contribution in [0.25, 0.3) is 6.08 Å². The Morgan fingerprint density at radius 1 is 0.750 bits per heavy atom. The summed E-state index contributed by atoms with van der Waals surface area (Å²) in [6.45, 7) is 1.96. The molecule has 3 rings (SSSR count). The number of hydrogen-bond acceptors (Lipinski definition) is 0. The van der Waals surface area contributed by atoms with Gasteiger partial charge in [0.05, 0.1) is 5.45 Å². The van der Waals surface area contributed by atoms with Crippen molar-refractivity contribution in [3.63, 3.8) is 0 Å². The van der Waals surface area contributed by atoms with Crippen molar-refractivity contribution < 1.29 is 8.78 Å². The Hall–Kier alpha value is -2.52. The van der Waals surface area contributed by atoms with Crippen molar-refractivity contribution in [2.45, 2.75) is 6.55 Å². The minimum absolute atomic E-state index is 0.259. The number of rotatable bonds is 4. The smallest absolute Gasteiger partial charge is 0.181 e. The average molecular weight is 336 g/mol. The van der Waals surface area contributed by atoms with Crippen LogP contribution in [-0.2, 0) is 0 Å². The van der Waals surface area contributed by atoms with Gasteiger partial charge in [-0.15, -0.1) is 0 Å². The Balaban J connectivity index is 2.17. The molecular formula is C21H18F2Si. The fourth-order valence-electron chi connectivity index (χ4n) is 2.86. The molecule has 0 unspecified atom stereocenters. The molecule has 0 bridgehead atoms. The summed E-state index contributed by atoms with van der Waals surface area (Å²) in [6.07, 6.45) is 1.35. The second-order valence-corrected chi connectivity index (χ2v) is 9.75. The fourth-order valence-corrected chi connectivity index (χ4v) is 5.91. The van der Waals surface area contributed by atoms with E-state index in [9.17, 15) is 4.39 Å². The Kier molecular flexibility index (Phi) is 4.72. The molecule has 3 aromatic rings. The van der Waals surface area contributed by atoms with Crippen LogP contribution in [0.3, 0.4) is 0 Å². The maximum Gasteiger partial charge on any atom is 0.181 e. The molecule has 0 aliphatic heterocycles. The summed E-state index contributed by atoms with van der Waals surface area (Å²) in [5, 5.41) is 1.92. The summed E-state index contributed by atoms with van der Waals surface area (Å²) in [6, 6.07) is 25.6. The highest BCUT2D eigenvalue weighted by atomic mass is 28.3. The van der Waals surface area contributed by atoms with Crippen molar-refractivity contribution >= 4 is 24.5 Å². The first kappa shape index (κ1) is 16.3. The Labute approximate surface area is 142 Å². The van der Waals surface area contributed by atoms with Crippen LogP contribution in [0, 0.1) is 5.82 Å². The van der Waals surface area contributed by atoms with Gasteiger partial charge in [0.25, 0.3) is 0 Å². The lowest BCUT2D eigenvalue weighted by molar-refractivity contribution is 0.623. The lowest BCUT2D eigenvalue weighted by atomic mass is 10.2. The molecular weight excluding hydrogens is 318 g/mol. The van der Waals surface area contributed by atoms with Gasteiger partial charge in [-0.25, -0.2) is 8.78 Å². The summed E-state index contributed by atoms with van der Waals surface area (Å²) in [7, 11) is -2.78. The topological polar surface area (TPSA) is 0 Å². The zero-order chi connectivity index (χ0) is 17.0. The van der Waals surface area contributed by atoms with Crippen LogP contribution in [0.15, 0.2) is 90.4 Å². The van der Waals surface area contributed by atoms with Gasteiger partial charge >= 0.3 is 0 Å². The summed E-state index contributed by atoms with van der Waals surface area (Å²) in [5.74, 6) is -0.412. The molecule has 3 heteroatoms. The van der Waals surface area contributed by atoms with Crippen molar-refractivity contribution in [1.29, 1.82) is 0 Å². The molecule has 3 aromatic carbocycles. The lowest BCUT2D eigenvalue weighted by Crippen LogP contribution is -2.56. The van der Waals surface area contributed by atoms with E-state index in [2.05, 4.69) is 0 Å². The standard InChI is InChI=1S/C21H18F2Si/c1-24(18-11-4-2-5-12-18,19-13-6-3-7-14-19)21(23)16-17-10-8-9-15-20(17)22/h2-16H,1H3/b21-16+. The van der Waals surface area contributed by atoms with Crippen LogP contribution in [0.5, 0.6) is 0 Å². The summed E-state index contributed by atoms with van der Waals surface area (Å²) in [5.41, 5.74) is 0.0191. The molecule has 0 radical (unpaired) electrons. The predicted octanol–water partition coefficient (Wildman–Crippen LogP) is 4.57. The zero-order valence-electron chi connectivity index (χ0n) is 13.4. The first-order valence-corrected chi connectivity index (χ1v) is 10.4. The van der Waals surface area contributed by atoms with Gasteiger partial charge in [0.1, 0.15) is 5.82 Å². The van der Waals surface area contributed by atoms with Crippen molar-refractivity contribution in [3.05, 3.63) is 102 Å². The van der Waals surface area contributed by atoms with E-state index in [0.717, 1.165) is 10.4 Å². The molecule has 120 valence electrons. The van der Waals surface area contributed by atoms with Gasteiger partial charge in [0.2, 0.25) is 0 Å². The minimum Gasteiger partial charge on any atom is -0.216 e. The molecule has 0 nitrogen and oxygen atoms in total. The molecule has 24 heavy (non-hydrogen) atoms. The second kappa shape index (κ2) is 6.93. The van der Waals surface area contributed by atoms with Crippen molar-refractivity contribution in [2.75, 3.05) is 0 Å². The molecule has 0 amide bonds. The normalized spacial score (nSPS) is 12.2. The van der Waals surface area contributed by atoms with Gasteiger partial charge in [0, 0.05) is 5.56 Å². The van der Waals surface area contributed by atoms with E-state index in [1.807, 2.05) is 67.2 Å². The SMILES string of the molecule is C[Si](/C(F)=C/c1ccccc1F)(c1ccccc1)c1ccccc1. The Morgan fingerprint density at radius 2 is 1.21 bits per heavy atom. The molecule has 0 aliphatic carbocycles. The second-order valence-electron chi connectivity index (χ2n) is 5.87. The predicted molar refractivity (Wildman–Crippen MR) is 99.3 cm³/mol. The third-order valence-corrected chi connectivity index (χ3v) is 8.44. The highest BCUT2D eigenvalue weighted by molar-refractivity contribution is 7.06. The number of halogens is 2. The van der Waals surface area contributed by atoms with Crippen molar-refractivity contribution in [1.82, 2.24) is 0 Å². The molecule has 0 aliphatic rings. The average Bonchev–Trinajstić information content (AvgIpc) is 2.64. The maximum absolute atomic E-state index is 15.4. The van der Waals surface area contributed by atoms with E-state index in [1.165, 1.54) is 12.1 Å². The fraction of sp³-hybridized carbons (Fsp3) is 0.0476. The van der Waals surface area contributed by atoms with Gasteiger partial charge in [-0.05, 0) is 22.5 Å². The largest absolute Gasteiger partial charge is 0.216 e. The summed E-state index contributed by atoms with van der Waals surface area (Å²) < 4.78 is 29.4. The van der Waals surface area contributed by atoms with E-state index < -0.39 is 13.9 Å². The first-order chi connectivity index (χ1) is 11.6.